The smallest absolute Gasteiger partial charge is 0.225 e. The normalized spacial score (nSPS) is 17.8. The highest BCUT2D eigenvalue weighted by molar-refractivity contribution is 5.30. The van der Waals surface area contributed by atoms with Crippen molar-refractivity contribution in [1.82, 2.24) is 9.97 Å². The van der Waals surface area contributed by atoms with Gasteiger partial charge in [-0.05, 0) is 18.9 Å². The molecule has 5 heteroatoms. The van der Waals surface area contributed by atoms with Crippen molar-refractivity contribution in [2.24, 2.45) is 5.73 Å². The van der Waals surface area contributed by atoms with Gasteiger partial charge in [-0.1, -0.05) is 0 Å². The minimum absolute atomic E-state index is 0.383. The fraction of sp³-hybridized carbons (Fsp3) is 0.636. The largest absolute Gasteiger partial charge is 0.381 e. The number of piperidine rings is 1. The zero-order valence-electron chi connectivity index (χ0n) is 9.59. The maximum absolute atomic E-state index is 5.56. The van der Waals surface area contributed by atoms with Crippen molar-refractivity contribution in [3.63, 3.8) is 0 Å². The summed E-state index contributed by atoms with van der Waals surface area (Å²) in [6.07, 6.45) is 4.22. The third-order valence-electron chi connectivity index (χ3n) is 2.97. The molecule has 0 aromatic carbocycles. The van der Waals surface area contributed by atoms with Crippen molar-refractivity contribution in [3.8, 4) is 0 Å². The minimum atomic E-state index is 0.383. The van der Waals surface area contributed by atoms with Crippen molar-refractivity contribution in [1.29, 1.82) is 0 Å². The van der Waals surface area contributed by atoms with Gasteiger partial charge in [0.2, 0.25) is 5.95 Å². The van der Waals surface area contributed by atoms with Crippen LogP contribution >= 0.6 is 0 Å². The molecule has 2 N–H and O–H groups in total. The fourth-order valence-electron chi connectivity index (χ4n) is 1.94. The second-order valence-electron chi connectivity index (χ2n) is 3.97. The maximum atomic E-state index is 5.56. The number of hydrogen-bond acceptors (Lipinski definition) is 5. The first-order chi connectivity index (χ1) is 7.83. The molecule has 88 valence electrons. The molecule has 0 aliphatic carbocycles. The van der Waals surface area contributed by atoms with Crippen molar-refractivity contribution >= 4 is 5.95 Å². The molecule has 1 aliphatic heterocycles. The lowest BCUT2D eigenvalue weighted by atomic mass is 10.1. The van der Waals surface area contributed by atoms with Crippen LogP contribution in [0.3, 0.4) is 0 Å². The Bertz CT molecular complexity index is 337. The minimum Gasteiger partial charge on any atom is -0.381 e. The molecule has 5 nitrogen and oxygen atoms in total. The number of hydrogen-bond donors (Lipinski definition) is 1. The Morgan fingerprint density at radius 3 is 2.88 bits per heavy atom. The molecular formula is C11H18N4O. The predicted molar refractivity (Wildman–Crippen MR) is 62.2 cm³/mol. The van der Waals surface area contributed by atoms with E-state index in [-0.39, 0.29) is 0 Å². The molecule has 1 fully saturated rings. The lowest BCUT2D eigenvalue weighted by Crippen LogP contribution is -2.37. The van der Waals surface area contributed by atoms with Crippen LogP contribution in [0.2, 0.25) is 0 Å². The molecule has 2 heterocycles. The van der Waals surface area contributed by atoms with Gasteiger partial charge in [0, 0.05) is 32.9 Å². The maximum Gasteiger partial charge on any atom is 0.225 e. The van der Waals surface area contributed by atoms with Gasteiger partial charge in [0.25, 0.3) is 0 Å². The number of anilines is 1. The Hall–Kier alpha value is -1.20. The van der Waals surface area contributed by atoms with E-state index in [1.807, 2.05) is 6.07 Å². The summed E-state index contributed by atoms with van der Waals surface area (Å²) in [4.78, 5) is 10.9. The SMILES string of the molecule is COC1CCN(c2nccc(CN)n2)CC1. The summed E-state index contributed by atoms with van der Waals surface area (Å²) in [5.41, 5.74) is 6.45. The summed E-state index contributed by atoms with van der Waals surface area (Å²) in [5, 5.41) is 0. The highest BCUT2D eigenvalue weighted by Gasteiger charge is 2.20. The Balaban J connectivity index is 2.02. The lowest BCUT2D eigenvalue weighted by molar-refractivity contribution is 0.0816. The lowest BCUT2D eigenvalue weighted by Gasteiger charge is -2.31. The van der Waals surface area contributed by atoms with E-state index in [4.69, 9.17) is 10.5 Å². The predicted octanol–water partition coefficient (Wildman–Crippen LogP) is 0.551. The van der Waals surface area contributed by atoms with Gasteiger partial charge < -0.3 is 15.4 Å². The second-order valence-corrected chi connectivity index (χ2v) is 3.97. The molecule has 0 bridgehead atoms. The Kier molecular flexibility index (Phi) is 3.69. The number of nitrogens with two attached hydrogens (primary N) is 1. The summed E-state index contributed by atoms with van der Waals surface area (Å²) < 4.78 is 5.33. The first kappa shape index (κ1) is 11.3. The number of methoxy groups -OCH3 is 1. The first-order valence-corrected chi connectivity index (χ1v) is 5.63. The van der Waals surface area contributed by atoms with Crippen LogP contribution < -0.4 is 10.6 Å². The van der Waals surface area contributed by atoms with Gasteiger partial charge in [-0.3, -0.25) is 0 Å². The van der Waals surface area contributed by atoms with Gasteiger partial charge in [0.15, 0.2) is 0 Å². The third kappa shape index (κ3) is 2.48. The molecular weight excluding hydrogens is 204 g/mol. The molecule has 0 atom stereocenters. The van der Waals surface area contributed by atoms with E-state index >= 15 is 0 Å². The van der Waals surface area contributed by atoms with E-state index in [2.05, 4.69) is 14.9 Å². The number of aromatic nitrogens is 2. The van der Waals surface area contributed by atoms with Crippen molar-refractivity contribution in [2.45, 2.75) is 25.5 Å². The molecule has 1 aliphatic rings. The van der Waals surface area contributed by atoms with Crippen molar-refractivity contribution < 1.29 is 4.74 Å². The first-order valence-electron chi connectivity index (χ1n) is 5.63. The number of ether oxygens (including phenoxy) is 1. The van der Waals surface area contributed by atoms with Crippen LogP contribution in [0.15, 0.2) is 12.3 Å². The van der Waals surface area contributed by atoms with Crippen LogP contribution in [0.5, 0.6) is 0 Å². The van der Waals surface area contributed by atoms with Crippen LogP contribution in [-0.2, 0) is 11.3 Å². The molecule has 0 saturated carbocycles. The average molecular weight is 222 g/mol. The van der Waals surface area contributed by atoms with Crippen LogP contribution in [-0.4, -0.2) is 36.3 Å². The van der Waals surface area contributed by atoms with E-state index in [0.29, 0.717) is 12.6 Å². The summed E-state index contributed by atoms with van der Waals surface area (Å²) in [5.74, 6) is 0.789. The molecule has 0 spiro atoms. The molecule has 16 heavy (non-hydrogen) atoms. The van der Waals surface area contributed by atoms with Gasteiger partial charge in [-0.15, -0.1) is 0 Å². The van der Waals surface area contributed by atoms with Gasteiger partial charge in [-0.2, -0.15) is 0 Å². The van der Waals surface area contributed by atoms with Crippen LogP contribution in [0.25, 0.3) is 0 Å². The average Bonchev–Trinajstić information content (AvgIpc) is 2.39. The molecule has 0 amide bonds. The van der Waals surface area contributed by atoms with Crippen LogP contribution in [0.4, 0.5) is 5.95 Å². The van der Waals surface area contributed by atoms with E-state index < -0.39 is 0 Å². The fourth-order valence-corrected chi connectivity index (χ4v) is 1.94. The standard InChI is InChI=1S/C11H18N4O/c1-16-10-3-6-15(7-4-10)11-13-5-2-9(8-12)14-11/h2,5,10H,3-4,6-8,12H2,1H3. The molecule has 1 aromatic rings. The highest BCUT2D eigenvalue weighted by Crippen LogP contribution is 2.17. The zero-order valence-corrected chi connectivity index (χ0v) is 9.59. The van der Waals surface area contributed by atoms with E-state index in [1.165, 1.54) is 0 Å². The second kappa shape index (κ2) is 5.23. The van der Waals surface area contributed by atoms with Crippen LogP contribution in [0.1, 0.15) is 18.5 Å². The van der Waals surface area contributed by atoms with Crippen LogP contribution in [0, 0.1) is 0 Å². The Morgan fingerprint density at radius 2 is 2.25 bits per heavy atom. The van der Waals surface area contributed by atoms with Gasteiger partial charge in [-0.25, -0.2) is 9.97 Å². The molecule has 0 radical (unpaired) electrons. The van der Waals surface area contributed by atoms with Gasteiger partial charge in [0.1, 0.15) is 0 Å². The number of rotatable bonds is 3. The monoisotopic (exact) mass is 222 g/mol. The number of nitrogens with zero attached hydrogens (tertiary/aromatic N) is 3. The highest BCUT2D eigenvalue weighted by atomic mass is 16.5. The Morgan fingerprint density at radius 1 is 1.50 bits per heavy atom. The van der Waals surface area contributed by atoms with E-state index in [1.54, 1.807) is 13.3 Å². The summed E-state index contributed by atoms with van der Waals surface area (Å²) in [6, 6.07) is 1.85. The van der Waals surface area contributed by atoms with Gasteiger partial charge >= 0.3 is 0 Å². The molecule has 0 unspecified atom stereocenters. The summed E-state index contributed by atoms with van der Waals surface area (Å²) >= 11 is 0. The summed E-state index contributed by atoms with van der Waals surface area (Å²) in [6.45, 7) is 2.36. The molecule has 1 aromatic heterocycles. The van der Waals surface area contributed by atoms with E-state index in [9.17, 15) is 0 Å². The zero-order chi connectivity index (χ0) is 11.4. The van der Waals surface area contributed by atoms with E-state index in [0.717, 1.165) is 37.6 Å². The Labute approximate surface area is 95.6 Å². The van der Waals surface area contributed by atoms with Crippen molar-refractivity contribution in [3.05, 3.63) is 18.0 Å². The summed E-state index contributed by atoms with van der Waals surface area (Å²) in [7, 11) is 1.77. The third-order valence-corrected chi connectivity index (χ3v) is 2.97. The quantitative estimate of drug-likeness (QED) is 0.809. The topological polar surface area (TPSA) is 64.3 Å². The van der Waals surface area contributed by atoms with Crippen molar-refractivity contribution in [2.75, 3.05) is 25.1 Å². The molecule has 1 saturated heterocycles. The van der Waals surface area contributed by atoms with Gasteiger partial charge in [0.05, 0.1) is 11.8 Å². The molecule has 2 rings (SSSR count).